The summed E-state index contributed by atoms with van der Waals surface area (Å²) in [6.45, 7) is 4.08. The number of likely N-dealkylation sites (N-methyl/N-ethyl adjacent to an activating group) is 1. The van der Waals surface area contributed by atoms with Gasteiger partial charge in [-0.05, 0) is 6.92 Å². The summed E-state index contributed by atoms with van der Waals surface area (Å²) >= 11 is 1.41. The van der Waals surface area contributed by atoms with E-state index in [4.69, 9.17) is 10.5 Å². The molecule has 0 aliphatic heterocycles. The number of nitrogens with two attached hydrogens (primary N) is 1. The number of ether oxygens (including phenoxy) is 1. The van der Waals surface area contributed by atoms with E-state index in [0.717, 1.165) is 5.01 Å². The van der Waals surface area contributed by atoms with Crippen LogP contribution in [0.4, 0.5) is 0 Å². The quantitative estimate of drug-likeness (QED) is 0.799. The summed E-state index contributed by atoms with van der Waals surface area (Å²) in [7, 11) is 1.62. The number of carbonyl (C=O) groups excluding carboxylic acids is 1. The lowest BCUT2D eigenvalue weighted by Gasteiger charge is -2.18. The van der Waals surface area contributed by atoms with Crippen molar-refractivity contribution >= 4 is 17.2 Å². The van der Waals surface area contributed by atoms with Gasteiger partial charge in [0.15, 0.2) is 0 Å². The maximum absolute atomic E-state index is 12.0. The SMILES string of the molecule is CCN(CCOC)C(=O)c1csc(CN)n1. The Morgan fingerprint density at radius 1 is 1.69 bits per heavy atom. The van der Waals surface area contributed by atoms with Crippen LogP contribution in [-0.2, 0) is 11.3 Å². The summed E-state index contributed by atoms with van der Waals surface area (Å²) in [5.41, 5.74) is 5.93. The van der Waals surface area contributed by atoms with E-state index in [9.17, 15) is 4.79 Å². The topological polar surface area (TPSA) is 68.5 Å². The van der Waals surface area contributed by atoms with E-state index in [1.165, 1.54) is 11.3 Å². The second kappa shape index (κ2) is 6.57. The molecule has 1 aromatic heterocycles. The van der Waals surface area contributed by atoms with Crippen molar-refractivity contribution in [2.75, 3.05) is 26.8 Å². The largest absolute Gasteiger partial charge is 0.383 e. The van der Waals surface area contributed by atoms with E-state index in [1.54, 1.807) is 17.4 Å². The highest BCUT2D eigenvalue weighted by Gasteiger charge is 2.16. The van der Waals surface area contributed by atoms with Gasteiger partial charge in [-0.2, -0.15) is 0 Å². The monoisotopic (exact) mass is 243 g/mol. The summed E-state index contributed by atoms with van der Waals surface area (Å²) in [4.78, 5) is 17.9. The van der Waals surface area contributed by atoms with Crippen LogP contribution in [0, 0.1) is 0 Å². The molecule has 0 spiro atoms. The van der Waals surface area contributed by atoms with Crippen molar-refractivity contribution in [2.45, 2.75) is 13.5 Å². The lowest BCUT2D eigenvalue weighted by molar-refractivity contribution is 0.0701. The van der Waals surface area contributed by atoms with Gasteiger partial charge in [0.1, 0.15) is 10.7 Å². The lowest BCUT2D eigenvalue weighted by Crippen LogP contribution is -2.33. The molecule has 0 aromatic carbocycles. The number of thiazole rings is 1. The van der Waals surface area contributed by atoms with Crippen molar-refractivity contribution in [3.8, 4) is 0 Å². The number of rotatable bonds is 6. The first-order valence-corrected chi connectivity index (χ1v) is 6.03. The molecular formula is C10H17N3O2S. The van der Waals surface area contributed by atoms with Crippen molar-refractivity contribution in [1.29, 1.82) is 0 Å². The average molecular weight is 243 g/mol. The molecule has 16 heavy (non-hydrogen) atoms. The van der Waals surface area contributed by atoms with Gasteiger partial charge in [0.25, 0.3) is 5.91 Å². The van der Waals surface area contributed by atoms with Gasteiger partial charge < -0.3 is 15.4 Å². The molecule has 5 nitrogen and oxygen atoms in total. The van der Waals surface area contributed by atoms with E-state index in [1.807, 2.05) is 6.92 Å². The van der Waals surface area contributed by atoms with Crippen molar-refractivity contribution < 1.29 is 9.53 Å². The van der Waals surface area contributed by atoms with Crippen LogP contribution in [0.25, 0.3) is 0 Å². The number of aromatic nitrogens is 1. The third kappa shape index (κ3) is 3.26. The zero-order valence-electron chi connectivity index (χ0n) is 9.60. The molecule has 0 saturated heterocycles. The molecule has 1 heterocycles. The molecule has 0 saturated carbocycles. The second-order valence-electron chi connectivity index (χ2n) is 3.21. The van der Waals surface area contributed by atoms with Gasteiger partial charge in [0.05, 0.1) is 6.61 Å². The Bertz CT molecular complexity index is 341. The Labute approximate surface area is 99.2 Å². The number of hydrogen-bond donors (Lipinski definition) is 1. The molecule has 0 unspecified atom stereocenters. The molecular weight excluding hydrogens is 226 g/mol. The standard InChI is InChI=1S/C10H17N3O2S/c1-3-13(4-5-15-2)10(14)8-7-16-9(6-11)12-8/h7H,3-6,11H2,1-2H3. The van der Waals surface area contributed by atoms with E-state index in [0.29, 0.717) is 31.9 Å². The van der Waals surface area contributed by atoms with Crippen LogP contribution in [0.1, 0.15) is 22.4 Å². The van der Waals surface area contributed by atoms with E-state index in [-0.39, 0.29) is 5.91 Å². The smallest absolute Gasteiger partial charge is 0.273 e. The first-order valence-electron chi connectivity index (χ1n) is 5.15. The Morgan fingerprint density at radius 2 is 2.44 bits per heavy atom. The Balaban J connectivity index is 2.66. The van der Waals surface area contributed by atoms with E-state index < -0.39 is 0 Å². The summed E-state index contributed by atoms with van der Waals surface area (Å²) in [6.07, 6.45) is 0. The summed E-state index contributed by atoms with van der Waals surface area (Å²) in [5, 5.41) is 2.53. The van der Waals surface area contributed by atoms with Gasteiger partial charge in [0.2, 0.25) is 0 Å². The fourth-order valence-corrected chi connectivity index (χ4v) is 1.92. The molecule has 0 radical (unpaired) electrons. The van der Waals surface area contributed by atoms with Gasteiger partial charge in [-0.25, -0.2) is 4.98 Å². The highest BCUT2D eigenvalue weighted by molar-refractivity contribution is 7.09. The van der Waals surface area contributed by atoms with Crippen molar-refractivity contribution in [3.05, 3.63) is 16.1 Å². The molecule has 1 amide bonds. The predicted octanol–water partition coefficient (Wildman–Crippen LogP) is 0.710. The van der Waals surface area contributed by atoms with Crippen LogP contribution < -0.4 is 5.73 Å². The highest BCUT2D eigenvalue weighted by atomic mass is 32.1. The van der Waals surface area contributed by atoms with E-state index >= 15 is 0 Å². The molecule has 1 rings (SSSR count). The van der Waals surface area contributed by atoms with Crippen molar-refractivity contribution in [1.82, 2.24) is 9.88 Å². The third-order valence-electron chi connectivity index (χ3n) is 2.18. The molecule has 0 atom stereocenters. The molecule has 6 heteroatoms. The molecule has 0 aliphatic carbocycles. The fourth-order valence-electron chi connectivity index (χ4n) is 1.27. The average Bonchev–Trinajstić information content (AvgIpc) is 2.78. The van der Waals surface area contributed by atoms with E-state index in [2.05, 4.69) is 4.98 Å². The minimum absolute atomic E-state index is 0.0597. The molecule has 0 bridgehead atoms. The van der Waals surface area contributed by atoms with Crippen LogP contribution >= 0.6 is 11.3 Å². The van der Waals surface area contributed by atoms with Gasteiger partial charge in [-0.3, -0.25) is 4.79 Å². The first kappa shape index (κ1) is 13.1. The third-order valence-corrected chi connectivity index (χ3v) is 3.05. The number of hydrogen-bond acceptors (Lipinski definition) is 5. The first-order chi connectivity index (χ1) is 7.72. The van der Waals surface area contributed by atoms with Gasteiger partial charge in [-0.1, -0.05) is 0 Å². The zero-order valence-corrected chi connectivity index (χ0v) is 10.4. The molecule has 90 valence electrons. The van der Waals surface area contributed by atoms with Gasteiger partial charge in [-0.15, -0.1) is 11.3 Å². The van der Waals surface area contributed by atoms with Crippen LogP contribution in [-0.4, -0.2) is 42.6 Å². The minimum atomic E-state index is -0.0597. The Kier molecular flexibility index (Phi) is 5.37. The van der Waals surface area contributed by atoms with Crippen molar-refractivity contribution in [3.63, 3.8) is 0 Å². The lowest BCUT2D eigenvalue weighted by atomic mass is 10.4. The fraction of sp³-hybridized carbons (Fsp3) is 0.600. The number of methoxy groups -OCH3 is 1. The zero-order chi connectivity index (χ0) is 12.0. The van der Waals surface area contributed by atoms with Crippen LogP contribution in [0.5, 0.6) is 0 Å². The maximum Gasteiger partial charge on any atom is 0.273 e. The summed E-state index contributed by atoms with van der Waals surface area (Å²) in [6, 6.07) is 0. The number of nitrogens with zero attached hydrogens (tertiary/aromatic N) is 2. The molecule has 2 N–H and O–H groups in total. The predicted molar refractivity (Wildman–Crippen MR) is 63.5 cm³/mol. The number of carbonyl (C=O) groups is 1. The summed E-state index contributed by atoms with van der Waals surface area (Å²) < 4.78 is 4.95. The van der Waals surface area contributed by atoms with Gasteiger partial charge >= 0.3 is 0 Å². The number of amides is 1. The summed E-state index contributed by atoms with van der Waals surface area (Å²) in [5.74, 6) is -0.0597. The highest BCUT2D eigenvalue weighted by Crippen LogP contribution is 2.11. The molecule has 0 aliphatic rings. The molecule has 0 fully saturated rings. The Morgan fingerprint density at radius 3 is 2.94 bits per heavy atom. The normalized spacial score (nSPS) is 10.4. The van der Waals surface area contributed by atoms with Crippen LogP contribution in [0.3, 0.4) is 0 Å². The maximum atomic E-state index is 12.0. The molecule has 1 aromatic rings. The van der Waals surface area contributed by atoms with Crippen LogP contribution in [0.15, 0.2) is 5.38 Å². The van der Waals surface area contributed by atoms with Crippen molar-refractivity contribution in [2.24, 2.45) is 5.73 Å². The minimum Gasteiger partial charge on any atom is -0.383 e. The Hall–Kier alpha value is -0.980. The van der Waals surface area contributed by atoms with Gasteiger partial charge in [0, 0.05) is 32.1 Å². The van der Waals surface area contributed by atoms with Crippen LogP contribution in [0.2, 0.25) is 0 Å². The second-order valence-corrected chi connectivity index (χ2v) is 4.15.